The van der Waals surface area contributed by atoms with Crippen molar-refractivity contribution in [2.75, 3.05) is 0 Å². The fraction of sp³-hybridized carbons (Fsp3) is 0.182. The first-order chi connectivity index (χ1) is 6.68. The number of nitrogens with zero attached hydrogens (tertiary/aromatic N) is 2. The van der Waals surface area contributed by atoms with Crippen molar-refractivity contribution < 1.29 is 0 Å². The predicted molar refractivity (Wildman–Crippen MR) is 58.0 cm³/mol. The summed E-state index contributed by atoms with van der Waals surface area (Å²) in [6, 6.07) is 7.77. The van der Waals surface area contributed by atoms with Crippen molar-refractivity contribution in [1.29, 1.82) is 0 Å². The number of halogens is 1. The van der Waals surface area contributed by atoms with Gasteiger partial charge in [-0.15, -0.1) is 0 Å². The smallest absolute Gasteiger partial charge is 0.138 e. The standard InChI is InChI=1S/C11H11ClN2/c1-8-3-4-9(2)14(8)11-7-10(12)5-6-13-11/h3-7H,1-2H3. The van der Waals surface area contributed by atoms with Crippen molar-refractivity contribution in [3.05, 3.63) is 46.9 Å². The molecule has 2 aromatic rings. The van der Waals surface area contributed by atoms with Crippen LogP contribution in [0.4, 0.5) is 0 Å². The summed E-state index contributed by atoms with van der Waals surface area (Å²) in [5, 5.41) is 0.711. The van der Waals surface area contributed by atoms with E-state index in [1.54, 1.807) is 12.3 Å². The van der Waals surface area contributed by atoms with Crippen molar-refractivity contribution in [2.24, 2.45) is 0 Å². The van der Waals surface area contributed by atoms with Crippen LogP contribution in [0, 0.1) is 13.8 Å². The number of hydrogen-bond acceptors (Lipinski definition) is 1. The second kappa shape index (κ2) is 3.46. The number of aryl methyl sites for hydroxylation is 2. The molecule has 0 N–H and O–H groups in total. The molecule has 2 rings (SSSR count). The summed E-state index contributed by atoms with van der Waals surface area (Å²) in [6.45, 7) is 4.10. The Bertz CT molecular complexity index is 441. The minimum absolute atomic E-state index is 0.711. The van der Waals surface area contributed by atoms with Gasteiger partial charge in [-0.3, -0.25) is 0 Å². The molecule has 0 saturated heterocycles. The maximum Gasteiger partial charge on any atom is 0.138 e. The minimum atomic E-state index is 0.711. The third-order valence-corrected chi connectivity index (χ3v) is 2.44. The van der Waals surface area contributed by atoms with Gasteiger partial charge in [0.25, 0.3) is 0 Å². The predicted octanol–water partition coefficient (Wildman–Crippen LogP) is 3.14. The van der Waals surface area contributed by atoms with Crippen molar-refractivity contribution in [2.45, 2.75) is 13.8 Å². The number of aromatic nitrogens is 2. The Hall–Kier alpha value is -1.28. The molecule has 0 spiro atoms. The highest BCUT2D eigenvalue weighted by Crippen LogP contribution is 2.17. The van der Waals surface area contributed by atoms with Crippen LogP contribution in [0.2, 0.25) is 5.02 Å². The summed E-state index contributed by atoms with van der Waals surface area (Å²) in [5.41, 5.74) is 2.33. The van der Waals surface area contributed by atoms with Crippen molar-refractivity contribution in [1.82, 2.24) is 9.55 Å². The van der Waals surface area contributed by atoms with E-state index in [1.807, 2.05) is 6.07 Å². The Morgan fingerprint density at radius 2 is 1.79 bits per heavy atom. The topological polar surface area (TPSA) is 17.8 Å². The van der Waals surface area contributed by atoms with E-state index in [9.17, 15) is 0 Å². The molecular formula is C11H11ClN2. The van der Waals surface area contributed by atoms with Crippen LogP contribution in [0.15, 0.2) is 30.5 Å². The minimum Gasteiger partial charge on any atom is -0.303 e. The molecule has 3 heteroatoms. The van der Waals surface area contributed by atoms with Crippen LogP contribution in [0.5, 0.6) is 0 Å². The second-order valence-electron chi connectivity index (χ2n) is 3.28. The molecule has 0 aromatic carbocycles. The average Bonchev–Trinajstić information content (AvgIpc) is 2.46. The molecule has 0 saturated carbocycles. The third kappa shape index (κ3) is 1.53. The van der Waals surface area contributed by atoms with Crippen LogP contribution in [0.25, 0.3) is 5.82 Å². The normalized spacial score (nSPS) is 10.5. The van der Waals surface area contributed by atoms with E-state index in [0.29, 0.717) is 5.02 Å². The molecule has 2 heterocycles. The van der Waals surface area contributed by atoms with Gasteiger partial charge in [0.1, 0.15) is 5.82 Å². The molecule has 2 aromatic heterocycles. The molecule has 0 aliphatic heterocycles. The Balaban J connectivity index is 2.59. The molecule has 0 fully saturated rings. The highest BCUT2D eigenvalue weighted by atomic mass is 35.5. The van der Waals surface area contributed by atoms with E-state index in [1.165, 1.54) is 0 Å². The molecule has 0 aliphatic rings. The van der Waals surface area contributed by atoms with Gasteiger partial charge in [-0.1, -0.05) is 11.6 Å². The van der Waals surface area contributed by atoms with E-state index in [0.717, 1.165) is 17.2 Å². The monoisotopic (exact) mass is 206 g/mol. The Morgan fingerprint density at radius 1 is 1.14 bits per heavy atom. The fourth-order valence-corrected chi connectivity index (χ4v) is 1.70. The highest BCUT2D eigenvalue weighted by Gasteiger charge is 2.04. The van der Waals surface area contributed by atoms with Gasteiger partial charge in [-0.2, -0.15) is 0 Å². The first-order valence-electron chi connectivity index (χ1n) is 4.45. The number of hydrogen-bond donors (Lipinski definition) is 0. The van der Waals surface area contributed by atoms with E-state index in [4.69, 9.17) is 11.6 Å². The molecule has 0 aliphatic carbocycles. The van der Waals surface area contributed by atoms with Crippen LogP contribution in [0.3, 0.4) is 0 Å². The summed E-state index contributed by atoms with van der Waals surface area (Å²) in [6.07, 6.45) is 1.72. The summed E-state index contributed by atoms with van der Waals surface area (Å²) in [5.74, 6) is 0.873. The Kier molecular flexibility index (Phi) is 2.30. The summed E-state index contributed by atoms with van der Waals surface area (Å²) in [4.78, 5) is 4.28. The van der Waals surface area contributed by atoms with E-state index >= 15 is 0 Å². The molecule has 0 atom stereocenters. The van der Waals surface area contributed by atoms with Crippen LogP contribution in [-0.2, 0) is 0 Å². The van der Waals surface area contributed by atoms with Gasteiger partial charge in [0.2, 0.25) is 0 Å². The van der Waals surface area contributed by atoms with Gasteiger partial charge in [-0.05, 0) is 38.1 Å². The highest BCUT2D eigenvalue weighted by molar-refractivity contribution is 6.30. The lowest BCUT2D eigenvalue weighted by Gasteiger charge is -2.07. The molecular weight excluding hydrogens is 196 g/mol. The molecule has 72 valence electrons. The van der Waals surface area contributed by atoms with E-state index < -0.39 is 0 Å². The van der Waals surface area contributed by atoms with Crippen molar-refractivity contribution >= 4 is 11.6 Å². The van der Waals surface area contributed by atoms with Gasteiger partial charge in [0.15, 0.2) is 0 Å². The summed E-state index contributed by atoms with van der Waals surface area (Å²) < 4.78 is 2.08. The van der Waals surface area contributed by atoms with Crippen LogP contribution in [-0.4, -0.2) is 9.55 Å². The van der Waals surface area contributed by atoms with Crippen LogP contribution >= 0.6 is 11.6 Å². The van der Waals surface area contributed by atoms with Gasteiger partial charge in [0.05, 0.1) is 0 Å². The first-order valence-corrected chi connectivity index (χ1v) is 4.83. The van der Waals surface area contributed by atoms with Gasteiger partial charge < -0.3 is 4.57 Å². The second-order valence-corrected chi connectivity index (χ2v) is 3.72. The van der Waals surface area contributed by atoms with Gasteiger partial charge >= 0.3 is 0 Å². The fourth-order valence-electron chi connectivity index (χ4n) is 1.55. The Morgan fingerprint density at radius 3 is 2.36 bits per heavy atom. The Labute approximate surface area is 88.2 Å². The van der Waals surface area contributed by atoms with Crippen LogP contribution in [0.1, 0.15) is 11.4 Å². The maximum atomic E-state index is 5.91. The number of rotatable bonds is 1. The lowest BCUT2D eigenvalue weighted by atomic mass is 10.4. The van der Waals surface area contributed by atoms with Gasteiger partial charge in [-0.25, -0.2) is 4.98 Å². The van der Waals surface area contributed by atoms with Crippen LogP contribution < -0.4 is 0 Å². The molecule has 14 heavy (non-hydrogen) atoms. The molecule has 0 radical (unpaired) electrons. The summed E-state index contributed by atoms with van der Waals surface area (Å²) in [7, 11) is 0. The average molecular weight is 207 g/mol. The quantitative estimate of drug-likeness (QED) is 0.701. The molecule has 0 unspecified atom stereocenters. The van der Waals surface area contributed by atoms with E-state index in [2.05, 4.69) is 35.5 Å². The zero-order valence-corrected chi connectivity index (χ0v) is 8.92. The maximum absolute atomic E-state index is 5.91. The third-order valence-electron chi connectivity index (χ3n) is 2.21. The molecule has 0 amide bonds. The molecule has 0 bridgehead atoms. The summed E-state index contributed by atoms with van der Waals surface area (Å²) >= 11 is 5.91. The molecule has 2 nitrogen and oxygen atoms in total. The zero-order chi connectivity index (χ0) is 10.1. The lowest BCUT2D eigenvalue weighted by Crippen LogP contribution is -2.00. The zero-order valence-electron chi connectivity index (χ0n) is 8.16. The SMILES string of the molecule is Cc1ccc(C)n1-c1cc(Cl)ccn1. The number of pyridine rings is 1. The van der Waals surface area contributed by atoms with Gasteiger partial charge in [0, 0.05) is 22.6 Å². The first kappa shape index (κ1) is 9.28. The van der Waals surface area contributed by atoms with Crippen molar-refractivity contribution in [3.8, 4) is 5.82 Å². The van der Waals surface area contributed by atoms with Crippen molar-refractivity contribution in [3.63, 3.8) is 0 Å². The van der Waals surface area contributed by atoms with E-state index in [-0.39, 0.29) is 0 Å². The largest absolute Gasteiger partial charge is 0.303 e. The lowest BCUT2D eigenvalue weighted by molar-refractivity contribution is 0.922.